The van der Waals surface area contributed by atoms with Gasteiger partial charge in [-0.3, -0.25) is 0 Å². The van der Waals surface area contributed by atoms with Gasteiger partial charge in [-0.2, -0.15) is 26.3 Å². The summed E-state index contributed by atoms with van der Waals surface area (Å²) in [4.78, 5) is 16.5. The SMILES string of the molecule is CC(C)n1cc(-c2cc(O)cc(C(F)(F)F)c2)c2c(Cl)ncnc21.CNc1ncnc2c1c(-c1cc(O)cc(C(F)(F)F)c1)cn2C(C)C. The van der Waals surface area contributed by atoms with Gasteiger partial charge in [-0.15, -0.1) is 0 Å². The summed E-state index contributed by atoms with van der Waals surface area (Å²) in [6.45, 7) is 7.74. The summed E-state index contributed by atoms with van der Waals surface area (Å²) < 4.78 is 82.0. The average Bonchev–Trinajstić information content (AvgIpc) is 3.61. The Hall–Kier alpha value is -5.05. The number of benzene rings is 2. The van der Waals surface area contributed by atoms with Crippen molar-refractivity contribution in [2.45, 2.75) is 52.1 Å². The maximum atomic E-state index is 13.1. The van der Waals surface area contributed by atoms with Crippen molar-refractivity contribution < 1.29 is 36.6 Å². The minimum Gasteiger partial charge on any atom is -0.508 e. The number of rotatable bonds is 5. The van der Waals surface area contributed by atoms with Crippen molar-refractivity contribution in [1.29, 1.82) is 0 Å². The number of hydrogen-bond donors (Lipinski definition) is 3. The van der Waals surface area contributed by atoms with Gasteiger partial charge in [0.1, 0.15) is 46.4 Å². The van der Waals surface area contributed by atoms with Gasteiger partial charge in [0.2, 0.25) is 0 Å². The monoisotopic (exact) mass is 705 g/mol. The normalized spacial score (nSPS) is 12.2. The van der Waals surface area contributed by atoms with E-state index in [9.17, 15) is 36.6 Å². The molecule has 0 aliphatic carbocycles. The molecule has 0 bridgehead atoms. The minimum atomic E-state index is -4.57. The molecule has 2 aromatic carbocycles. The van der Waals surface area contributed by atoms with Gasteiger partial charge in [0.05, 0.1) is 21.9 Å². The second-order valence-electron chi connectivity index (χ2n) is 11.7. The highest BCUT2D eigenvalue weighted by atomic mass is 35.5. The number of nitrogens with one attached hydrogen (secondary N) is 1. The number of alkyl halides is 6. The highest BCUT2D eigenvalue weighted by molar-refractivity contribution is 6.35. The summed E-state index contributed by atoms with van der Waals surface area (Å²) in [6, 6.07) is 6.03. The summed E-state index contributed by atoms with van der Waals surface area (Å²) >= 11 is 6.15. The Labute approximate surface area is 280 Å². The Morgan fingerprint density at radius 3 is 1.51 bits per heavy atom. The molecule has 4 aromatic heterocycles. The zero-order chi connectivity index (χ0) is 36.0. The van der Waals surface area contributed by atoms with Crippen LogP contribution in [0.2, 0.25) is 5.15 Å². The third kappa shape index (κ3) is 7.07. The molecule has 4 heterocycles. The van der Waals surface area contributed by atoms with Crippen molar-refractivity contribution in [3.05, 3.63) is 77.7 Å². The number of hydrogen-bond acceptors (Lipinski definition) is 7. The molecular weight excluding hydrogens is 676 g/mol. The van der Waals surface area contributed by atoms with Gasteiger partial charge in [0, 0.05) is 42.7 Å². The molecule has 6 aromatic rings. The molecule has 9 nitrogen and oxygen atoms in total. The van der Waals surface area contributed by atoms with E-state index < -0.39 is 35.0 Å². The fourth-order valence-corrected chi connectivity index (χ4v) is 5.64. The number of halogens is 7. The highest BCUT2D eigenvalue weighted by Gasteiger charge is 2.33. The third-order valence-corrected chi connectivity index (χ3v) is 7.92. The molecule has 0 spiro atoms. The molecule has 0 fully saturated rings. The molecule has 0 aliphatic rings. The molecule has 0 atom stereocenters. The van der Waals surface area contributed by atoms with Gasteiger partial charge in [-0.05, 0) is 75.2 Å². The molecule has 258 valence electrons. The smallest absolute Gasteiger partial charge is 0.416 e. The lowest BCUT2D eigenvalue weighted by atomic mass is 10.0. The zero-order valence-electron chi connectivity index (χ0n) is 26.7. The average molecular weight is 706 g/mol. The van der Waals surface area contributed by atoms with Gasteiger partial charge in [-0.1, -0.05) is 11.6 Å². The van der Waals surface area contributed by atoms with Gasteiger partial charge in [0.25, 0.3) is 0 Å². The number of aromatic hydroxyl groups is 2. The molecule has 0 unspecified atom stereocenters. The standard InChI is InChI=1S/C17H17F3N4O.C16H13ClF3N3O/c1-9(2)24-7-13(14-15(21-3)22-8-23-16(14)24)10-4-11(17(18,19)20)6-12(25)5-10;1-8(2)23-6-12(13-14(17)21-7-22-15(13)23)9-3-10(16(18,19)20)5-11(24)4-9/h4-9,25H,1-3H3,(H,21,22,23);3-8,24H,1-2H3. The topological polar surface area (TPSA) is 114 Å². The Kier molecular flexibility index (Phi) is 9.43. The Morgan fingerprint density at radius 2 is 1.08 bits per heavy atom. The molecule has 6 rings (SSSR count). The Balaban J connectivity index is 0.000000191. The predicted octanol–water partition coefficient (Wildman–Crippen LogP) is 9.50. The second-order valence-corrected chi connectivity index (χ2v) is 12.0. The lowest BCUT2D eigenvalue weighted by Gasteiger charge is -2.10. The number of anilines is 1. The molecule has 3 N–H and O–H groups in total. The molecule has 0 radical (unpaired) electrons. The number of fused-ring (bicyclic) bond motifs is 2. The minimum absolute atomic E-state index is 0.0200. The fourth-order valence-electron chi connectivity index (χ4n) is 5.41. The maximum absolute atomic E-state index is 13.1. The lowest BCUT2D eigenvalue weighted by molar-refractivity contribution is -0.138. The predicted molar refractivity (Wildman–Crippen MR) is 175 cm³/mol. The van der Waals surface area contributed by atoms with Crippen LogP contribution in [0.4, 0.5) is 32.2 Å². The number of aromatic nitrogens is 6. The van der Waals surface area contributed by atoms with Gasteiger partial charge >= 0.3 is 12.4 Å². The Bertz CT molecular complexity index is 2160. The van der Waals surface area contributed by atoms with Crippen molar-refractivity contribution in [2.24, 2.45) is 0 Å². The molecule has 0 amide bonds. The van der Waals surface area contributed by atoms with E-state index in [-0.39, 0.29) is 28.4 Å². The van der Waals surface area contributed by atoms with Gasteiger partial charge in [-0.25, -0.2) is 19.9 Å². The van der Waals surface area contributed by atoms with E-state index >= 15 is 0 Å². The van der Waals surface area contributed by atoms with E-state index in [1.165, 1.54) is 24.8 Å². The summed E-state index contributed by atoms with van der Waals surface area (Å²) in [6.07, 6.45) is -3.00. The van der Waals surface area contributed by atoms with E-state index in [1.807, 2.05) is 32.3 Å². The number of phenols is 2. The van der Waals surface area contributed by atoms with Crippen LogP contribution >= 0.6 is 11.6 Å². The summed E-state index contributed by atoms with van der Waals surface area (Å²) in [5.41, 5.74) is 0.706. The summed E-state index contributed by atoms with van der Waals surface area (Å²) in [5.74, 6) is -0.410. The lowest BCUT2D eigenvalue weighted by Crippen LogP contribution is -2.04. The van der Waals surface area contributed by atoms with Gasteiger partial charge < -0.3 is 24.7 Å². The van der Waals surface area contributed by atoms with Crippen molar-refractivity contribution in [3.63, 3.8) is 0 Å². The number of phenolic OH excluding ortho intramolecular Hbond substituents is 2. The summed E-state index contributed by atoms with van der Waals surface area (Å²) in [7, 11) is 1.68. The van der Waals surface area contributed by atoms with Crippen molar-refractivity contribution in [1.82, 2.24) is 29.1 Å². The van der Waals surface area contributed by atoms with Crippen LogP contribution in [-0.4, -0.2) is 46.3 Å². The van der Waals surface area contributed by atoms with Crippen LogP contribution in [0.25, 0.3) is 44.3 Å². The van der Waals surface area contributed by atoms with Gasteiger partial charge in [0.15, 0.2) is 0 Å². The molecule has 49 heavy (non-hydrogen) atoms. The number of nitrogens with zero attached hydrogens (tertiary/aromatic N) is 6. The van der Waals surface area contributed by atoms with Crippen LogP contribution in [0.5, 0.6) is 11.5 Å². The van der Waals surface area contributed by atoms with Crippen LogP contribution in [-0.2, 0) is 12.4 Å². The third-order valence-electron chi connectivity index (χ3n) is 7.63. The van der Waals surface area contributed by atoms with E-state index in [4.69, 9.17) is 11.6 Å². The second kappa shape index (κ2) is 13.1. The first kappa shape index (κ1) is 35.3. The molecular formula is C33H30ClF6N7O2. The van der Waals surface area contributed by atoms with Crippen LogP contribution < -0.4 is 5.32 Å². The Morgan fingerprint density at radius 1 is 0.653 bits per heavy atom. The van der Waals surface area contributed by atoms with Crippen molar-refractivity contribution in [3.8, 4) is 33.8 Å². The van der Waals surface area contributed by atoms with Crippen LogP contribution in [0.15, 0.2) is 61.4 Å². The van der Waals surface area contributed by atoms with Crippen LogP contribution in [0, 0.1) is 0 Å². The molecule has 16 heteroatoms. The first-order chi connectivity index (χ1) is 22.9. The van der Waals surface area contributed by atoms with E-state index in [2.05, 4.69) is 25.3 Å². The van der Waals surface area contributed by atoms with E-state index in [0.29, 0.717) is 51.1 Å². The molecule has 0 saturated heterocycles. The fraction of sp³-hybridized carbons (Fsp3) is 0.273. The van der Waals surface area contributed by atoms with E-state index in [1.54, 1.807) is 24.0 Å². The first-order valence-electron chi connectivity index (χ1n) is 14.8. The van der Waals surface area contributed by atoms with Crippen LogP contribution in [0.3, 0.4) is 0 Å². The van der Waals surface area contributed by atoms with Crippen molar-refractivity contribution >= 4 is 39.5 Å². The maximum Gasteiger partial charge on any atom is 0.416 e. The highest BCUT2D eigenvalue weighted by Crippen LogP contribution is 2.41. The molecule has 0 saturated carbocycles. The largest absolute Gasteiger partial charge is 0.508 e. The van der Waals surface area contributed by atoms with E-state index in [0.717, 1.165) is 12.1 Å². The quantitative estimate of drug-likeness (QED) is 0.121. The van der Waals surface area contributed by atoms with Crippen LogP contribution in [0.1, 0.15) is 50.9 Å². The van der Waals surface area contributed by atoms with Crippen molar-refractivity contribution in [2.75, 3.05) is 12.4 Å². The summed E-state index contributed by atoms with van der Waals surface area (Å²) in [5, 5.41) is 23.6. The first-order valence-corrected chi connectivity index (χ1v) is 15.2. The molecule has 0 aliphatic heterocycles. The zero-order valence-corrected chi connectivity index (χ0v) is 27.4.